The van der Waals surface area contributed by atoms with Crippen LogP contribution in [0.25, 0.3) is 0 Å². The van der Waals surface area contributed by atoms with Crippen LogP contribution in [-0.4, -0.2) is 47.4 Å². The lowest BCUT2D eigenvalue weighted by Crippen LogP contribution is -2.17. The second-order valence-corrected chi connectivity index (χ2v) is 11.9. The van der Waals surface area contributed by atoms with Gasteiger partial charge in [0.15, 0.2) is 16.4 Å². The van der Waals surface area contributed by atoms with Crippen LogP contribution in [0.5, 0.6) is 0 Å². The number of hydrogen-bond acceptors (Lipinski definition) is 6. The summed E-state index contributed by atoms with van der Waals surface area (Å²) >= 11 is 1.66. The maximum Gasteiger partial charge on any atom is 0.340 e. The second-order valence-electron chi connectivity index (χ2n) is 8.66. The van der Waals surface area contributed by atoms with Gasteiger partial charge in [0.05, 0.1) is 23.6 Å². The van der Waals surface area contributed by atoms with Crippen molar-refractivity contribution < 1.29 is 22.7 Å². The second kappa shape index (κ2) is 8.95. The summed E-state index contributed by atoms with van der Waals surface area (Å²) in [6, 6.07) is 7.44. The topological polar surface area (TPSA) is 87.4 Å². The van der Waals surface area contributed by atoms with Crippen molar-refractivity contribution in [3.63, 3.8) is 0 Å². The summed E-state index contributed by atoms with van der Waals surface area (Å²) < 4.78 is 33.2. The molecule has 33 heavy (non-hydrogen) atoms. The highest BCUT2D eigenvalue weighted by Gasteiger charge is 2.32. The summed E-state index contributed by atoms with van der Waals surface area (Å²) in [5.41, 5.74) is 4.23. The van der Waals surface area contributed by atoms with Crippen molar-refractivity contribution >= 4 is 32.9 Å². The van der Waals surface area contributed by atoms with E-state index in [0.29, 0.717) is 29.8 Å². The van der Waals surface area contributed by atoms with Crippen molar-refractivity contribution in [3.8, 4) is 0 Å². The molecule has 176 valence electrons. The molecule has 3 aromatic heterocycles. The van der Waals surface area contributed by atoms with E-state index in [4.69, 9.17) is 4.74 Å². The fourth-order valence-corrected chi connectivity index (χ4v) is 7.09. The van der Waals surface area contributed by atoms with Crippen LogP contribution in [0.2, 0.25) is 0 Å². The van der Waals surface area contributed by atoms with E-state index in [2.05, 4.69) is 10.6 Å². The SMILES string of the molecule is Cc1cc(C(=O)OCC(=O)c2cc(C)n(C3CCS(=O)(=O)C3)c2C)c(C)n1Cc1cccs1. The van der Waals surface area contributed by atoms with Gasteiger partial charge < -0.3 is 13.9 Å². The third-order valence-corrected chi connectivity index (χ3v) is 8.99. The molecular formula is C24H28N2O5S2. The molecule has 4 heterocycles. The average Bonchev–Trinajstić information content (AvgIpc) is 3.51. The maximum atomic E-state index is 12.9. The van der Waals surface area contributed by atoms with E-state index in [1.807, 2.05) is 43.7 Å². The third kappa shape index (κ3) is 4.70. The Balaban J connectivity index is 1.45. The van der Waals surface area contributed by atoms with Crippen LogP contribution in [0.1, 0.15) is 60.8 Å². The van der Waals surface area contributed by atoms with Gasteiger partial charge in [-0.3, -0.25) is 4.79 Å². The average molecular weight is 489 g/mol. The van der Waals surface area contributed by atoms with Crippen molar-refractivity contribution in [2.75, 3.05) is 18.1 Å². The highest BCUT2D eigenvalue weighted by atomic mass is 32.2. The molecule has 0 bridgehead atoms. The van der Waals surface area contributed by atoms with Crippen LogP contribution in [0.3, 0.4) is 0 Å². The Bertz CT molecular complexity index is 1310. The Morgan fingerprint density at radius 2 is 1.82 bits per heavy atom. The molecule has 0 amide bonds. The van der Waals surface area contributed by atoms with Gasteiger partial charge in [0, 0.05) is 39.3 Å². The normalized spacial score (nSPS) is 17.4. The van der Waals surface area contributed by atoms with Crippen LogP contribution in [0, 0.1) is 27.7 Å². The Morgan fingerprint density at radius 3 is 2.45 bits per heavy atom. The number of ether oxygens (including phenoxy) is 1. The van der Waals surface area contributed by atoms with Gasteiger partial charge >= 0.3 is 5.97 Å². The minimum atomic E-state index is -3.04. The van der Waals surface area contributed by atoms with E-state index in [1.54, 1.807) is 23.5 Å². The van der Waals surface area contributed by atoms with E-state index in [9.17, 15) is 18.0 Å². The highest BCUT2D eigenvalue weighted by molar-refractivity contribution is 7.91. The summed E-state index contributed by atoms with van der Waals surface area (Å²) in [6.45, 7) is 7.82. The molecule has 1 aliphatic heterocycles. The largest absolute Gasteiger partial charge is 0.454 e. The lowest BCUT2D eigenvalue weighted by molar-refractivity contribution is 0.0473. The van der Waals surface area contributed by atoms with E-state index in [-0.39, 0.29) is 29.9 Å². The lowest BCUT2D eigenvalue weighted by atomic mass is 10.1. The van der Waals surface area contributed by atoms with Crippen LogP contribution in [0.4, 0.5) is 0 Å². The molecule has 1 aliphatic rings. The molecule has 0 saturated carbocycles. The van der Waals surface area contributed by atoms with Gasteiger partial charge in [-0.1, -0.05) is 6.07 Å². The molecule has 3 aromatic rings. The van der Waals surface area contributed by atoms with E-state index in [0.717, 1.165) is 17.1 Å². The molecule has 7 nitrogen and oxygen atoms in total. The molecule has 1 atom stereocenters. The molecule has 0 aromatic carbocycles. The first-order valence-corrected chi connectivity index (χ1v) is 13.6. The predicted molar refractivity (Wildman–Crippen MR) is 128 cm³/mol. The van der Waals surface area contributed by atoms with Gasteiger partial charge in [0.2, 0.25) is 5.78 Å². The van der Waals surface area contributed by atoms with Crippen LogP contribution in [-0.2, 0) is 21.1 Å². The number of carbonyl (C=O) groups is 2. The first-order chi connectivity index (χ1) is 15.6. The fourth-order valence-electron chi connectivity index (χ4n) is 4.70. The number of ketones is 1. The Morgan fingerprint density at radius 1 is 1.09 bits per heavy atom. The van der Waals surface area contributed by atoms with Crippen LogP contribution < -0.4 is 0 Å². The number of nitrogens with zero attached hydrogens (tertiary/aromatic N) is 2. The molecule has 1 fully saturated rings. The summed E-state index contributed by atoms with van der Waals surface area (Å²) in [7, 11) is -3.04. The lowest BCUT2D eigenvalue weighted by Gasteiger charge is -2.16. The highest BCUT2D eigenvalue weighted by Crippen LogP contribution is 2.29. The molecule has 0 radical (unpaired) electrons. The number of aryl methyl sites for hydroxylation is 2. The Hall–Kier alpha value is -2.65. The van der Waals surface area contributed by atoms with E-state index in [1.165, 1.54) is 4.88 Å². The zero-order valence-electron chi connectivity index (χ0n) is 19.3. The molecule has 1 unspecified atom stereocenters. The van der Waals surface area contributed by atoms with Gasteiger partial charge in [0.25, 0.3) is 0 Å². The standard InChI is InChI=1S/C24H28N2O5S2/c1-15-10-22(17(3)25(15)12-20-6-5-8-32-20)24(28)31-13-23(27)21-11-16(2)26(18(21)4)19-7-9-33(29,30)14-19/h5-6,8,10-11,19H,7,9,12-14H2,1-4H3. The van der Waals surface area contributed by atoms with Gasteiger partial charge in [0.1, 0.15) is 0 Å². The molecule has 0 spiro atoms. The summed E-state index contributed by atoms with van der Waals surface area (Å²) in [5, 5.41) is 2.02. The number of hydrogen-bond donors (Lipinski definition) is 0. The molecule has 9 heteroatoms. The smallest absolute Gasteiger partial charge is 0.340 e. The molecular weight excluding hydrogens is 460 g/mol. The minimum absolute atomic E-state index is 0.0903. The fraction of sp³-hybridized carbons (Fsp3) is 0.417. The van der Waals surface area contributed by atoms with Gasteiger partial charge in [-0.15, -0.1) is 11.3 Å². The van der Waals surface area contributed by atoms with E-state index >= 15 is 0 Å². The number of aromatic nitrogens is 2. The van der Waals surface area contributed by atoms with Gasteiger partial charge in [-0.2, -0.15) is 0 Å². The van der Waals surface area contributed by atoms with Crippen LogP contribution >= 0.6 is 11.3 Å². The van der Waals surface area contributed by atoms with Gasteiger partial charge in [-0.25, -0.2) is 13.2 Å². The Kier molecular flexibility index (Phi) is 6.37. The summed E-state index contributed by atoms with van der Waals surface area (Å²) in [6.07, 6.45) is 0.544. The monoisotopic (exact) mass is 488 g/mol. The number of sulfone groups is 1. The summed E-state index contributed by atoms with van der Waals surface area (Å²) in [4.78, 5) is 26.8. The maximum absolute atomic E-state index is 12.9. The first kappa shape index (κ1) is 23.5. The van der Waals surface area contributed by atoms with Crippen molar-refractivity contribution in [1.82, 2.24) is 9.13 Å². The zero-order chi connectivity index (χ0) is 23.9. The number of thiophene rings is 1. The molecule has 0 aliphatic carbocycles. The number of esters is 1. The van der Waals surface area contributed by atoms with Gasteiger partial charge in [-0.05, 0) is 57.7 Å². The number of rotatable bonds is 7. The number of Topliss-reactive ketones (excluding diaryl/α,β-unsaturated/α-hetero) is 1. The predicted octanol–water partition coefficient (Wildman–Crippen LogP) is 4.03. The molecule has 1 saturated heterocycles. The number of carbonyl (C=O) groups excluding carboxylic acids is 2. The van der Waals surface area contributed by atoms with E-state index < -0.39 is 15.8 Å². The summed E-state index contributed by atoms with van der Waals surface area (Å²) in [5.74, 6) is -0.561. The zero-order valence-corrected chi connectivity index (χ0v) is 20.9. The molecule has 4 rings (SSSR count). The third-order valence-electron chi connectivity index (χ3n) is 6.38. The Labute approximate surface area is 197 Å². The quantitative estimate of drug-likeness (QED) is 0.370. The van der Waals surface area contributed by atoms with Crippen molar-refractivity contribution in [3.05, 3.63) is 68.4 Å². The first-order valence-electron chi connectivity index (χ1n) is 10.9. The minimum Gasteiger partial charge on any atom is -0.454 e. The van der Waals surface area contributed by atoms with Crippen molar-refractivity contribution in [2.24, 2.45) is 0 Å². The van der Waals surface area contributed by atoms with Crippen molar-refractivity contribution in [1.29, 1.82) is 0 Å². The molecule has 0 N–H and O–H groups in total. The van der Waals surface area contributed by atoms with Crippen LogP contribution in [0.15, 0.2) is 29.6 Å². The van der Waals surface area contributed by atoms with Crippen molar-refractivity contribution in [2.45, 2.75) is 46.7 Å².